The van der Waals surface area contributed by atoms with Crippen molar-refractivity contribution < 1.29 is 14.4 Å². The zero-order valence-corrected chi connectivity index (χ0v) is 18.6. The van der Waals surface area contributed by atoms with Gasteiger partial charge in [0.1, 0.15) is 6.04 Å². The van der Waals surface area contributed by atoms with Gasteiger partial charge in [0, 0.05) is 42.4 Å². The molecule has 1 saturated heterocycles. The zero-order chi connectivity index (χ0) is 22.2. The van der Waals surface area contributed by atoms with Gasteiger partial charge in [0.2, 0.25) is 11.8 Å². The lowest BCUT2D eigenvalue weighted by Crippen LogP contribution is -2.52. The molecule has 1 aliphatic carbocycles. The number of nitrogens with two attached hydrogens (primary N) is 1. The van der Waals surface area contributed by atoms with Crippen LogP contribution >= 0.6 is 11.3 Å². The van der Waals surface area contributed by atoms with Crippen LogP contribution in [-0.4, -0.2) is 39.7 Å². The standard InChI is InChI=1S/C23H27N5O3S/c24-15-5-1-3-13(9-15)18-12-32-23(26-18)25-10-14-4-2-6-16-17(14)11-28(22(16)31)19-7-8-20(29)27-21(19)30/h2,4,6,12-13,15,19H,1,3,5,7-11,24H2,(H,25,26)(H,27,29,30)/t13-,15+,19?/m0/s1. The Balaban J connectivity index is 1.27. The minimum absolute atomic E-state index is 0.151. The zero-order valence-electron chi connectivity index (χ0n) is 17.8. The van der Waals surface area contributed by atoms with Gasteiger partial charge in [-0.2, -0.15) is 0 Å². The molecule has 3 aliphatic rings. The topological polar surface area (TPSA) is 117 Å². The summed E-state index contributed by atoms with van der Waals surface area (Å²) in [5, 5.41) is 8.74. The van der Waals surface area contributed by atoms with E-state index in [2.05, 4.69) is 16.0 Å². The van der Waals surface area contributed by atoms with Crippen molar-refractivity contribution in [2.45, 2.75) is 69.6 Å². The molecule has 32 heavy (non-hydrogen) atoms. The smallest absolute Gasteiger partial charge is 0.255 e. The van der Waals surface area contributed by atoms with Crippen molar-refractivity contribution in [3.05, 3.63) is 46.0 Å². The molecule has 9 heteroatoms. The number of carbonyl (C=O) groups excluding carboxylic acids is 3. The van der Waals surface area contributed by atoms with Crippen LogP contribution in [0.4, 0.5) is 5.13 Å². The summed E-state index contributed by atoms with van der Waals surface area (Å²) in [7, 11) is 0. The summed E-state index contributed by atoms with van der Waals surface area (Å²) in [5.74, 6) is -0.383. The molecule has 1 aromatic heterocycles. The van der Waals surface area contributed by atoms with E-state index in [0.717, 1.165) is 47.6 Å². The van der Waals surface area contributed by atoms with Crippen molar-refractivity contribution in [3.63, 3.8) is 0 Å². The molecule has 1 saturated carbocycles. The average molecular weight is 454 g/mol. The second-order valence-corrected chi connectivity index (χ2v) is 9.76. The number of aromatic nitrogens is 1. The predicted molar refractivity (Wildman–Crippen MR) is 121 cm³/mol. The number of fused-ring (bicyclic) bond motifs is 1. The maximum atomic E-state index is 13.0. The number of hydrogen-bond donors (Lipinski definition) is 3. The van der Waals surface area contributed by atoms with Crippen LogP contribution in [0.5, 0.6) is 0 Å². The van der Waals surface area contributed by atoms with Gasteiger partial charge in [-0.3, -0.25) is 19.7 Å². The van der Waals surface area contributed by atoms with Crippen LogP contribution in [0.1, 0.15) is 71.6 Å². The van der Waals surface area contributed by atoms with Gasteiger partial charge in [0.25, 0.3) is 5.91 Å². The van der Waals surface area contributed by atoms with Gasteiger partial charge < -0.3 is 16.0 Å². The van der Waals surface area contributed by atoms with Crippen LogP contribution in [0.15, 0.2) is 23.6 Å². The number of nitrogens with one attached hydrogen (secondary N) is 2. The minimum atomic E-state index is -0.600. The van der Waals surface area contributed by atoms with Crippen LogP contribution < -0.4 is 16.4 Å². The van der Waals surface area contributed by atoms with Crippen LogP contribution in [0.2, 0.25) is 0 Å². The molecule has 8 nitrogen and oxygen atoms in total. The summed E-state index contributed by atoms with van der Waals surface area (Å²) in [6, 6.07) is 5.35. The quantitative estimate of drug-likeness (QED) is 0.599. The third-order valence-corrected chi connectivity index (χ3v) is 7.58. The lowest BCUT2D eigenvalue weighted by atomic mass is 9.84. The van der Waals surface area contributed by atoms with Crippen molar-refractivity contribution in [3.8, 4) is 0 Å². The van der Waals surface area contributed by atoms with E-state index < -0.39 is 6.04 Å². The number of amides is 3. The first kappa shape index (κ1) is 21.1. The Kier molecular flexibility index (Phi) is 5.69. The molecule has 3 atom stereocenters. The molecular weight excluding hydrogens is 426 g/mol. The molecule has 5 rings (SSSR count). The summed E-state index contributed by atoms with van der Waals surface area (Å²) in [6.45, 7) is 0.929. The van der Waals surface area contributed by atoms with Gasteiger partial charge >= 0.3 is 0 Å². The summed E-state index contributed by atoms with van der Waals surface area (Å²) in [6.07, 6.45) is 5.00. The number of anilines is 1. The first-order chi connectivity index (χ1) is 15.5. The first-order valence-electron chi connectivity index (χ1n) is 11.2. The van der Waals surface area contributed by atoms with Gasteiger partial charge in [-0.1, -0.05) is 18.6 Å². The highest BCUT2D eigenvalue weighted by Crippen LogP contribution is 2.34. The predicted octanol–water partition coefficient (Wildman–Crippen LogP) is 2.50. The van der Waals surface area contributed by atoms with E-state index in [-0.39, 0.29) is 30.2 Å². The number of nitrogens with zero attached hydrogens (tertiary/aromatic N) is 2. The van der Waals surface area contributed by atoms with E-state index in [1.807, 2.05) is 12.1 Å². The molecule has 2 fully saturated rings. The largest absolute Gasteiger partial charge is 0.357 e. The molecule has 4 N–H and O–H groups in total. The molecule has 2 aliphatic heterocycles. The van der Waals surface area contributed by atoms with Crippen LogP contribution in [0, 0.1) is 0 Å². The number of hydrogen-bond acceptors (Lipinski definition) is 7. The van der Waals surface area contributed by atoms with Crippen molar-refractivity contribution in [1.82, 2.24) is 15.2 Å². The fraction of sp³-hybridized carbons (Fsp3) is 0.478. The Hall–Kier alpha value is -2.78. The number of rotatable bonds is 5. The number of piperidine rings is 1. The van der Waals surface area contributed by atoms with Gasteiger partial charge in [-0.25, -0.2) is 4.98 Å². The van der Waals surface area contributed by atoms with E-state index in [1.54, 1.807) is 22.3 Å². The summed E-state index contributed by atoms with van der Waals surface area (Å²) in [5.41, 5.74) is 9.83. The molecule has 0 spiro atoms. The Labute approximate surface area is 190 Å². The van der Waals surface area contributed by atoms with E-state index in [1.165, 1.54) is 0 Å². The molecule has 0 bridgehead atoms. The second kappa shape index (κ2) is 8.63. The lowest BCUT2D eigenvalue weighted by molar-refractivity contribution is -0.136. The third kappa shape index (κ3) is 4.02. The summed E-state index contributed by atoms with van der Waals surface area (Å²) in [4.78, 5) is 43.1. The monoisotopic (exact) mass is 453 g/mol. The maximum absolute atomic E-state index is 13.0. The molecule has 1 unspecified atom stereocenters. The van der Waals surface area contributed by atoms with Crippen LogP contribution in [0.3, 0.4) is 0 Å². The average Bonchev–Trinajstić information content (AvgIpc) is 3.38. The van der Waals surface area contributed by atoms with E-state index in [4.69, 9.17) is 10.7 Å². The van der Waals surface area contributed by atoms with E-state index in [9.17, 15) is 14.4 Å². The fourth-order valence-electron chi connectivity index (χ4n) is 5.04. The Morgan fingerprint density at radius 1 is 1.22 bits per heavy atom. The first-order valence-corrected chi connectivity index (χ1v) is 12.1. The molecule has 0 radical (unpaired) electrons. The Bertz CT molecular complexity index is 1070. The second-order valence-electron chi connectivity index (χ2n) is 8.90. The summed E-state index contributed by atoms with van der Waals surface area (Å²) < 4.78 is 0. The van der Waals surface area contributed by atoms with Crippen LogP contribution in [0.25, 0.3) is 0 Å². The van der Waals surface area contributed by atoms with E-state index in [0.29, 0.717) is 31.0 Å². The third-order valence-electron chi connectivity index (χ3n) is 6.76. The molecule has 1 aromatic carbocycles. The number of imide groups is 1. The number of carbonyl (C=O) groups is 3. The highest BCUT2D eigenvalue weighted by atomic mass is 32.1. The van der Waals surface area contributed by atoms with Crippen molar-refractivity contribution >= 4 is 34.2 Å². The van der Waals surface area contributed by atoms with Gasteiger partial charge in [-0.05, 0) is 42.9 Å². The fourth-order valence-corrected chi connectivity index (χ4v) is 5.83. The van der Waals surface area contributed by atoms with Crippen LogP contribution in [-0.2, 0) is 22.7 Å². The highest BCUT2D eigenvalue weighted by molar-refractivity contribution is 7.13. The Morgan fingerprint density at radius 2 is 2.09 bits per heavy atom. The lowest BCUT2D eigenvalue weighted by Gasteiger charge is -2.29. The number of thiazole rings is 1. The summed E-state index contributed by atoms with van der Waals surface area (Å²) >= 11 is 1.60. The minimum Gasteiger partial charge on any atom is -0.357 e. The highest BCUT2D eigenvalue weighted by Gasteiger charge is 2.39. The van der Waals surface area contributed by atoms with Gasteiger partial charge in [0.05, 0.1) is 5.69 Å². The molecule has 3 amide bonds. The van der Waals surface area contributed by atoms with Crippen molar-refractivity contribution in [1.29, 1.82) is 0 Å². The molecule has 3 heterocycles. The van der Waals surface area contributed by atoms with Crippen molar-refractivity contribution in [2.75, 3.05) is 5.32 Å². The number of benzene rings is 1. The van der Waals surface area contributed by atoms with Gasteiger partial charge in [-0.15, -0.1) is 11.3 Å². The van der Waals surface area contributed by atoms with Crippen molar-refractivity contribution in [2.24, 2.45) is 5.73 Å². The van der Waals surface area contributed by atoms with Gasteiger partial charge in [0.15, 0.2) is 5.13 Å². The maximum Gasteiger partial charge on any atom is 0.255 e. The molecular formula is C23H27N5O3S. The SMILES string of the molecule is N[C@@H]1CCC[C@H](c2csc(NCc3cccc4c3CN(C3CCC(=O)NC3=O)C4=O)n2)C1. The molecule has 2 aromatic rings. The normalized spacial score (nSPS) is 25.6. The Morgan fingerprint density at radius 3 is 2.91 bits per heavy atom. The van der Waals surface area contributed by atoms with E-state index >= 15 is 0 Å². The molecule has 168 valence electrons.